The maximum absolute atomic E-state index is 11.3. The van der Waals surface area contributed by atoms with Crippen molar-refractivity contribution >= 4 is 11.9 Å². The SMILES string of the molecule is C=CC(=O)Oc1ccc(CCC2CCC(CCc3ccc(OC(=O)C=C)cc3)CC2)cc1. The number of ether oxygens (including phenoxy) is 2. The summed E-state index contributed by atoms with van der Waals surface area (Å²) in [7, 11) is 0. The van der Waals surface area contributed by atoms with Crippen molar-refractivity contribution < 1.29 is 19.1 Å². The van der Waals surface area contributed by atoms with E-state index in [2.05, 4.69) is 13.2 Å². The zero-order valence-electron chi connectivity index (χ0n) is 18.6. The van der Waals surface area contributed by atoms with Gasteiger partial charge in [0, 0.05) is 12.2 Å². The molecule has 0 bridgehead atoms. The van der Waals surface area contributed by atoms with Crippen LogP contribution in [0.1, 0.15) is 49.7 Å². The van der Waals surface area contributed by atoms with Gasteiger partial charge in [-0.1, -0.05) is 63.1 Å². The monoisotopic (exact) mass is 432 g/mol. The lowest BCUT2D eigenvalue weighted by Gasteiger charge is -2.28. The summed E-state index contributed by atoms with van der Waals surface area (Å²) in [6.45, 7) is 6.82. The van der Waals surface area contributed by atoms with Crippen LogP contribution in [0.25, 0.3) is 0 Å². The smallest absolute Gasteiger partial charge is 0.335 e. The number of hydrogen-bond donors (Lipinski definition) is 0. The first-order valence-corrected chi connectivity index (χ1v) is 11.4. The Kier molecular flexibility index (Phi) is 8.85. The molecule has 2 aromatic carbocycles. The Labute approximate surface area is 190 Å². The Morgan fingerprint density at radius 2 is 1.03 bits per heavy atom. The van der Waals surface area contributed by atoms with Crippen molar-refractivity contribution in [3.8, 4) is 11.5 Å². The predicted molar refractivity (Wildman–Crippen MR) is 127 cm³/mol. The summed E-state index contributed by atoms with van der Waals surface area (Å²) in [6.07, 6.45) is 12.1. The lowest BCUT2D eigenvalue weighted by Crippen LogP contribution is -2.15. The second-order valence-corrected chi connectivity index (χ2v) is 8.50. The highest BCUT2D eigenvalue weighted by atomic mass is 16.5. The average Bonchev–Trinajstić information content (AvgIpc) is 2.83. The van der Waals surface area contributed by atoms with Gasteiger partial charge in [0.25, 0.3) is 0 Å². The van der Waals surface area contributed by atoms with Crippen molar-refractivity contribution in [3.63, 3.8) is 0 Å². The van der Waals surface area contributed by atoms with Crippen LogP contribution in [0.2, 0.25) is 0 Å². The molecule has 0 spiro atoms. The van der Waals surface area contributed by atoms with Crippen molar-refractivity contribution in [2.75, 3.05) is 0 Å². The van der Waals surface area contributed by atoms with E-state index in [1.165, 1.54) is 61.8 Å². The van der Waals surface area contributed by atoms with Crippen LogP contribution in [0, 0.1) is 11.8 Å². The van der Waals surface area contributed by atoms with E-state index < -0.39 is 11.9 Å². The fourth-order valence-electron chi connectivity index (χ4n) is 4.31. The van der Waals surface area contributed by atoms with Gasteiger partial charge < -0.3 is 9.47 Å². The van der Waals surface area contributed by atoms with E-state index in [1.54, 1.807) is 0 Å². The third kappa shape index (κ3) is 7.52. The van der Waals surface area contributed by atoms with Crippen molar-refractivity contribution in [2.45, 2.75) is 51.4 Å². The predicted octanol–water partition coefficient (Wildman–Crippen LogP) is 6.24. The zero-order chi connectivity index (χ0) is 22.8. The van der Waals surface area contributed by atoms with Gasteiger partial charge in [0.05, 0.1) is 0 Å². The molecule has 2 aromatic rings. The maximum Gasteiger partial charge on any atom is 0.335 e. The fourth-order valence-corrected chi connectivity index (χ4v) is 4.31. The molecule has 4 heteroatoms. The van der Waals surface area contributed by atoms with E-state index in [1.807, 2.05) is 48.5 Å². The first-order chi connectivity index (χ1) is 15.6. The molecule has 32 heavy (non-hydrogen) atoms. The quantitative estimate of drug-likeness (QED) is 0.253. The van der Waals surface area contributed by atoms with Gasteiger partial charge in [0.2, 0.25) is 0 Å². The summed E-state index contributed by atoms with van der Waals surface area (Å²) in [5.41, 5.74) is 2.57. The van der Waals surface area contributed by atoms with Crippen molar-refractivity contribution in [1.29, 1.82) is 0 Å². The van der Waals surface area contributed by atoms with E-state index in [4.69, 9.17) is 9.47 Å². The summed E-state index contributed by atoms with van der Waals surface area (Å²) in [6, 6.07) is 15.6. The number of aryl methyl sites for hydroxylation is 2. The Morgan fingerprint density at radius 3 is 1.34 bits per heavy atom. The summed E-state index contributed by atoms with van der Waals surface area (Å²) >= 11 is 0. The Hall–Kier alpha value is -3.14. The van der Waals surface area contributed by atoms with Crippen LogP contribution >= 0.6 is 0 Å². The minimum absolute atomic E-state index is 0.430. The Bertz CT molecular complexity index is 826. The molecule has 4 nitrogen and oxygen atoms in total. The molecule has 0 radical (unpaired) electrons. The highest BCUT2D eigenvalue weighted by molar-refractivity contribution is 5.83. The topological polar surface area (TPSA) is 52.6 Å². The highest BCUT2D eigenvalue weighted by Gasteiger charge is 2.21. The van der Waals surface area contributed by atoms with Crippen molar-refractivity contribution in [2.24, 2.45) is 11.8 Å². The van der Waals surface area contributed by atoms with Crippen LogP contribution < -0.4 is 9.47 Å². The molecule has 0 aliphatic heterocycles. The molecule has 0 N–H and O–H groups in total. The van der Waals surface area contributed by atoms with Crippen molar-refractivity contribution in [1.82, 2.24) is 0 Å². The average molecular weight is 433 g/mol. The van der Waals surface area contributed by atoms with Crippen LogP contribution in [0.3, 0.4) is 0 Å². The number of carbonyl (C=O) groups excluding carboxylic acids is 2. The van der Waals surface area contributed by atoms with E-state index in [0.29, 0.717) is 11.5 Å². The molecule has 0 heterocycles. The first-order valence-electron chi connectivity index (χ1n) is 11.4. The Balaban J connectivity index is 1.34. The number of esters is 2. The van der Waals surface area contributed by atoms with Crippen LogP contribution in [0.4, 0.5) is 0 Å². The molecule has 168 valence electrons. The van der Waals surface area contributed by atoms with Crippen LogP contribution in [-0.2, 0) is 22.4 Å². The number of hydrogen-bond acceptors (Lipinski definition) is 4. The molecular formula is C28H32O4. The van der Waals surface area contributed by atoms with Gasteiger partial charge in [0.15, 0.2) is 0 Å². The molecule has 0 unspecified atom stereocenters. The van der Waals surface area contributed by atoms with E-state index in [-0.39, 0.29) is 0 Å². The van der Waals surface area contributed by atoms with Gasteiger partial charge in [0.1, 0.15) is 11.5 Å². The summed E-state index contributed by atoms with van der Waals surface area (Å²) in [5.74, 6) is 1.85. The number of benzene rings is 2. The van der Waals surface area contributed by atoms with Crippen LogP contribution in [0.15, 0.2) is 73.8 Å². The lowest BCUT2D eigenvalue weighted by molar-refractivity contribution is -0.129. The van der Waals surface area contributed by atoms with Gasteiger partial charge in [-0.05, 0) is 72.9 Å². The van der Waals surface area contributed by atoms with E-state index >= 15 is 0 Å². The maximum atomic E-state index is 11.3. The van der Waals surface area contributed by atoms with Crippen LogP contribution in [-0.4, -0.2) is 11.9 Å². The van der Waals surface area contributed by atoms with Gasteiger partial charge in [-0.2, -0.15) is 0 Å². The normalized spacial score (nSPS) is 17.9. The molecular weight excluding hydrogens is 400 g/mol. The second-order valence-electron chi connectivity index (χ2n) is 8.50. The van der Waals surface area contributed by atoms with Gasteiger partial charge in [-0.25, -0.2) is 9.59 Å². The number of rotatable bonds is 10. The minimum Gasteiger partial charge on any atom is -0.423 e. The van der Waals surface area contributed by atoms with Gasteiger partial charge in [-0.3, -0.25) is 0 Å². The molecule has 0 amide bonds. The Morgan fingerprint density at radius 1 is 0.688 bits per heavy atom. The van der Waals surface area contributed by atoms with Crippen molar-refractivity contribution in [3.05, 3.63) is 85.0 Å². The third-order valence-corrected chi connectivity index (χ3v) is 6.27. The van der Waals surface area contributed by atoms with E-state index in [0.717, 1.165) is 24.7 Å². The van der Waals surface area contributed by atoms with E-state index in [9.17, 15) is 9.59 Å². The largest absolute Gasteiger partial charge is 0.423 e. The second kappa shape index (κ2) is 12.0. The molecule has 1 saturated carbocycles. The fraction of sp³-hybridized carbons (Fsp3) is 0.357. The molecule has 3 rings (SSSR count). The molecule has 1 aliphatic carbocycles. The van der Waals surface area contributed by atoms with Crippen LogP contribution in [0.5, 0.6) is 11.5 Å². The van der Waals surface area contributed by atoms with Gasteiger partial charge in [-0.15, -0.1) is 0 Å². The van der Waals surface area contributed by atoms with Gasteiger partial charge >= 0.3 is 11.9 Å². The molecule has 0 aromatic heterocycles. The molecule has 1 fully saturated rings. The zero-order valence-corrected chi connectivity index (χ0v) is 18.6. The summed E-state index contributed by atoms with van der Waals surface area (Å²) < 4.78 is 10.3. The molecule has 1 aliphatic rings. The summed E-state index contributed by atoms with van der Waals surface area (Å²) in [4.78, 5) is 22.5. The first kappa shape index (κ1) is 23.5. The lowest BCUT2D eigenvalue weighted by atomic mass is 9.77. The minimum atomic E-state index is -0.430. The number of carbonyl (C=O) groups is 2. The summed E-state index contributed by atoms with van der Waals surface area (Å²) in [5, 5.41) is 0. The third-order valence-electron chi connectivity index (χ3n) is 6.27. The molecule has 0 saturated heterocycles. The standard InChI is InChI=1S/C28H32O4/c1-3-27(29)31-25-17-13-23(14-18-25)11-9-21-5-7-22(8-6-21)10-12-24-15-19-26(20-16-24)32-28(30)4-2/h3-4,13-22H,1-2,5-12H2. The highest BCUT2D eigenvalue weighted by Crippen LogP contribution is 2.34. The molecule has 0 atom stereocenters.